The average molecular weight is 379 g/mol. The Morgan fingerprint density at radius 1 is 1.31 bits per heavy atom. The zero-order valence-corrected chi connectivity index (χ0v) is 14.4. The number of amides is 1. The second kappa shape index (κ2) is 7.65. The zero-order chi connectivity index (χ0) is 18.7. The van der Waals surface area contributed by atoms with E-state index in [1.807, 2.05) is 4.90 Å². The quantitative estimate of drug-likeness (QED) is 0.648. The number of benzene rings is 1. The highest BCUT2D eigenvalue weighted by atomic mass is 35.5. The van der Waals surface area contributed by atoms with Gasteiger partial charge in [0, 0.05) is 30.8 Å². The molecule has 1 fully saturated rings. The molecule has 0 saturated carbocycles. The molecule has 2 heterocycles. The molecule has 1 aliphatic heterocycles. The number of rotatable bonds is 4. The van der Waals surface area contributed by atoms with Crippen molar-refractivity contribution in [2.75, 3.05) is 23.3 Å². The first-order valence-electron chi connectivity index (χ1n) is 8.05. The standard InChI is InChI=1S/C17H16ClFN4O3/c18-14-9-12(1-3-15(14)19)21-17(24)11-5-7-22(8-6-11)16-4-2-13(10-20-16)23(25)26/h1-4,9-11H,5-8H2,(H,21,24). The lowest BCUT2D eigenvalue weighted by Gasteiger charge is -2.32. The monoisotopic (exact) mass is 378 g/mol. The van der Waals surface area contributed by atoms with E-state index in [0.29, 0.717) is 37.4 Å². The Morgan fingerprint density at radius 3 is 2.62 bits per heavy atom. The van der Waals surface area contributed by atoms with Crippen LogP contribution < -0.4 is 10.2 Å². The van der Waals surface area contributed by atoms with Gasteiger partial charge in [-0.25, -0.2) is 9.37 Å². The number of halogens is 2. The predicted octanol–water partition coefficient (Wildman–Crippen LogP) is 3.64. The number of nitrogens with one attached hydrogen (secondary N) is 1. The van der Waals surface area contributed by atoms with Crippen LogP contribution in [0.4, 0.5) is 21.6 Å². The number of hydrogen-bond donors (Lipinski definition) is 1. The van der Waals surface area contributed by atoms with Crippen LogP contribution in [0.25, 0.3) is 0 Å². The fourth-order valence-electron chi connectivity index (χ4n) is 2.86. The van der Waals surface area contributed by atoms with Crippen molar-refractivity contribution in [1.29, 1.82) is 0 Å². The van der Waals surface area contributed by atoms with Gasteiger partial charge in [-0.15, -0.1) is 0 Å². The number of nitrogens with zero attached hydrogens (tertiary/aromatic N) is 3. The van der Waals surface area contributed by atoms with E-state index in [1.165, 1.54) is 30.5 Å². The van der Waals surface area contributed by atoms with Crippen LogP contribution in [-0.2, 0) is 4.79 Å². The van der Waals surface area contributed by atoms with E-state index in [-0.39, 0.29) is 22.5 Å². The Hall–Kier alpha value is -2.74. The van der Waals surface area contributed by atoms with Crippen LogP contribution in [0.5, 0.6) is 0 Å². The van der Waals surface area contributed by atoms with Gasteiger partial charge in [-0.1, -0.05) is 11.6 Å². The zero-order valence-electron chi connectivity index (χ0n) is 13.7. The summed E-state index contributed by atoms with van der Waals surface area (Å²) in [6, 6.07) is 7.08. The number of aromatic nitrogens is 1. The first-order valence-corrected chi connectivity index (χ1v) is 8.43. The van der Waals surface area contributed by atoms with Gasteiger partial charge in [-0.2, -0.15) is 0 Å². The van der Waals surface area contributed by atoms with Gasteiger partial charge in [0.1, 0.15) is 17.8 Å². The Morgan fingerprint density at radius 2 is 2.04 bits per heavy atom. The lowest BCUT2D eigenvalue weighted by Crippen LogP contribution is -2.38. The van der Waals surface area contributed by atoms with Crippen molar-refractivity contribution in [3.8, 4) is 0 Å². The van der Waals surface area contributed by atoms with Gasteiger partial charge in [0.2, 0.25) is 5.91 Å². The van der Waals surface area contributed by atoms with Crippen LogP contribution >= 0.6 is 11.6 Å². The predicted molar refractivity (Wildman–Crippen MR) is 95.9 cm³/mol. The molecule has 1 N–H and O–H groups in total. The van der Waals surface area contributed by atoms with Crippen molar-refractivity contribution in [2.45, 2.75) is 12.8 Å². The molecule has 0 atom stereocenters. The third kappa shape index (κ3) is 4.08. The molecular formula is C17H16ClFN4O3. The van der Waals surface area contributed by atoms with E-state index >= 15 is 0 Å². The second-order valence-corrected chi connectivity index (χ2v) is 6.42. The lowest BCUT2D eigenvalue weighted by atomic mass is 9.95. The number of piperidine rings is 1. The van der Waals surface area contributed by atoms with Crippen LogP contribution in [0.2, 0.25) is 5.02 Å². The van der Waals surface area contributed by atoms with E-state index in [2.05, 4.69) is 10.3 Å². The van der Waals surface area contributed by atoms with Gasteiger partial charge in [0.15, 0.2) is 0 Å². The van der Waals surface area contributed by atoms with Crippen LogP contribution in [-0.4, -0.2) is 28.9 Å². The molecule has 1 amide bonds. The molecule has 1 saturated heterocycles. The van der Waals surface area contributed by atoms with E-state index in [4.69, 9.17) is 11.6 Å². The highest BCUT2D eigenvalue weighted by molar-refractivity contribution is 6.31. The number of pyridine rings is 1. The van der Waals surface area contributed by atoms with E-state index < -0.39 is 10.7 Å². The SMILES string of the molecule is O=C(Nc1ccc(F)c(Cl)c1)C1CCN(c2ccc([N+](=O)[O-])cn2)CC1. The van der Waals surface area contributed by atoms with Crippen molar-refractivity contribution >= 4 is 34.7 Å². The molecule has 1 aromatic carbocycles. The molecule has 0 spiro atoms. The molecule has 0 radical (unpaired) electrons. The number of carbonyl (C=O) groups is 1. The Balaban J connectivity index is 1.56. The minimum Gasteiger partial charge on any atom is -0.357 e. The number of hydrogen-bond acceptors (Lipinski definition) is 5. The van der Waals surface area contributed by atoms with E-state index in [9.17, 15) is 19.3 Å². The smallest absolute Gasteiger partial charge is 0.287 e. The van der Waals surface area contributed by atoms with Gasteiger partial charge >= 0.3 is 0 Å². The summed E-state index contributed by atoms with van der Waals surface area (Å²) >= 11 is 5.72. The number of carbonyl (C=O) groups excluding carboxylic acids is 1. The van der Waals surface area contributed by atoms with Crippen LogP contribution in [0.1, 0.15) is 12.8 Å². The third-order valence-corrected chi connectivity index (χ3v) is 4.61. The fraction of sp³-hybridized carbons (Fsp3) is 0.294. The molecule has 1 aromatic heterocycles. The average Bonchev–Trinajstić information content (AvgIpc) is 2.65. The molecule has 26 heavy (non-hydrogen) atoms. The molecule has 9 heteroatoms. The summed E-state index contributed by atoms with van der Waals surface area (Å²) in [5.41, 5.74) is 0.404. The first-order chi connectivity index (χ1) is 12.4. The first kappa shape index (κ1) is 18.1. The Bertz CT molecular complexity index is 823. The van der Waals surface area contributed by atoms with Crippen molar-refractivity contribution in [2.24, 2.45) is 5.92 Å². The minimum absolute atomic E-state index is 0.0399. The molecule has 0 aliphatic carbocycles. The number of anilines is 2. The summed E-state index contributed by atoms with van der Waals surface area (Å²) in [7, 11) is 0. The maximum absolute atomic E-state index is 13.2. The van der Waals surface area contributed by atoms with Gasteiger partial charge in [0.25, 0.3) is 5.69 Å². The molecule has 7 nitrogen and oxygen atoms in total. The molecule has 0 unspecified atom stereocenters. The fourth-order valence-corrected chi connectivity index (χ4v) is 3.04. The summed E-state index contributed by atoms with van der Waals surface area (Å²) in [4.78, 5) is 28.7. The van der Waals surface area contributed by atoms with Crippen LogP contribution in [0, 0.1) is 21.8 Å². The van der Waals surface area contributed by atoms with E-state index in [1.54, 1.807) is 6.07 Å². The van der Waals surface area contributed by atoms with Crippen molar-refractivity contribution in [1.82, 2.24) is 4.98 Å². The molecular weight excluding hydrogens is 363 g/mol. The summed E-state index contributed by atoms with van der Waals surface area (Å²) in [6.07, 6.45) is 2.48. The third-order valence-electron chi connectivity index (χ3n) is 4.32. The normalized spacial score (nSPS) is 14.9. The van der Waals surface area contributed by atoms with Crippen molar-refractivity contribution in [3.05, 3.63) is 57.5 Å². The van der Waals surface area contributed by atoms with Crippen LogP contribution in [0.15, 0.2) is 36.5 Å². The van der Waals surface area contributed by atoms with Gasteiger partial charge in [-0.05, 0) is 37.1 Å². The van der Waals surface area contributed by atoms with E-state index in [0.717, 1.165) is 0 Å². The van der Waals surface area contributed by atoms with Gasteiger partial charge in [-0.3, -0.25) is 14.9 Å². The molecule has 0 bridgehead atoms. The second-order valence-electron chi connectivity index (χ2n) is 6.01. The number of nitro groups is 1. The van der Waals surface area contributed by atoms with Crippen molar-refractivity contribution in [3.63, 3.8) is 0 Å². The van der Waals surface area contributed by atoms with Gasteiger partial charge < -0.3 is 10.2 Å². The molecule has 3 rings (SSSR count). The molecule has 136 valence electrons. The summed E-state index contributed by atoms with van der Waals surface area (Å²) in [5, 5.41) is 13.4. The Kier molecular flexibility index (Phi) is 5.32. The minimum atomic E-state index is -0.534. The lowest BCUT2D eigenvalue weighted by molar-refractivity contribution is -0.385. The van der Waals surface area contributed by atoms with Gasteiger partial charge in [0.05, 0.1) is 9.95 Å². The van der Waals surface area contributed by atoms with Crippen LogP contribution in [0.3, 0.4) is 0 Å². The summed E-state index contributed by atoms with van der Waals surface area (Å²) in [5.74, 6) is -0.189. The molecule has 2 aromatic rings. The summed E-state index contributed by atoms with van der Waals surface area (Å²) < 4.78 is 13.2. The molecule has 1 aliphatic rings. The Labute approximate surface area is 153 Å². The highest BCUT2D eigenvalue weighted by Crippen LogP contribution is 2.25. The topological polar surface area (TPSA) is 88.4 Å². The van der Waals surface area contributed by atoms with Crippen molar-refractivity contribution < 1.29 is 14.1 Å². The largest absolute Gasteiger partial charge is 0.357 e. The maximum atomic E-state index is 13.2. The maximum Gasteiger partial charge on any atom is 0.287 e. The summed E-state index contributed by atoms with van der Waals surface area (Å²) in [6.45, 7) is 1.24. The highest BCUT2D eigenvalue weighted by Gasteiger charge is 2.26.